The van der Waals surface area contributed by atoms with Crippen molar-refractivity contribution in [2.24, 2.45) is 5.73 Å². The smallest absolute Gasteiger partial charge is 0.404 e. The monoisotopic (exact) mass is 308 g/mol. The molecule has 1 heterocycles. The van der Waals surface area contributed by atoms with E-state index in [9.17, 15) is 9.59 Å². The molecule has 120 valence electrons. The number of benzene rings is 1. The lowest BCUT2D eigenvalue weighted by Gasteiger charge is -2.22. The minimum absolute atomic E-state index is 0.115. The third-order valence-electron chi connectivity index (χ3n) is 3.45. The van der Waals surface area contributed by atoms with Crippen molar-refractivity contribution in [1.82, 2.24) is 4.90 Å². The van der Waals surface area contributed by atoms with Crippen LogP contribution in [0.5, 0.6) is 0 Å². The Morgan fingerprint density at radius 1 is 1.41 bits per heavy atom. The number of hydrogen-bond acceptors (Lipinski definition) is 5. The van der Waals surface area contributed by atoms with Crippen molar-refractivity contribution in [2.75, 3.05) is 19.7 Å². The number of likely N-dealkylation sites (tertiary alicyclic amines) is 1. The van der Waals surface area contributed by atoms with Gasteiger partial charge in [-0.2, -0.15) is 0 Å². The van der Waals surface area contributed by atoms with E-state index in [1.165, 1.54) is 4.90 Å². The Morgan fingerprint density at radius 2 is 2.14 bits per heavy atom. The van der Waals surface area contributed by atoms with E-state index in [1.54, 1.807) is 0 Å². The highest BCUT2D eigenvalue weighted by molar-refractivity contribution is 5.83. The van der Waals surface area contributed by atoms with E-state index in [0.29, 0.717) is 19.6 Å². The van der Waals surface area contributed by atoms with E-state index in [2.05, 4.69) is 0 Å². The molecule has 0 aromatic heterocycles. The van der Waals surface area contributed by atoms with Crippen LogP contribution >= 0.6 is 0 Å². The summed E-state index contributed by atoms with van der Waals surface area (Å²) in [4.78, 5) is 24.4. The van der Waals surface area contributed by atoms with Crippen LogP contribution in [0.2, 0.25) is 0 Å². The Morgan fingerprint density at radius 3 is 2.77 bits per heavy atom. The Hall–Kier alpha value is -2.12. The van der Waals surface area contributed by atoms with Gasteiger partial charge < -0.3 is 25.2 Å². The highest BCUT2D eigenvalue weighted by atomic mass is 16.6. The van der Waals surface area contributed by atoms with Gasteiger partial charge in [-0.3, -0.25) is 4.79 Å². The number of ether oxygens (including phenoxy) is 2. The van der Waals surface area contributed by atoms with Gasteiger partial charge in [0.1, 0.15) is 12.2 Å². The van der Waals surface area contributed by atoms with Crippen molar-refractivity contribution < 1.29 is 24.2 Å². The zero-order valence-corrected chi connectivity index (χ0v) is 12.2. The molecule has 0 unspecified atom stereocenters. The molecule has 2 atom stereocenters. The summed E-state index contributed by atoms with van der Waals surface area (Å²) in [5.74, 6) is -0.164. The quantitative estimate of drug-likeness (QED) is 0.752. The number of aliphatic hydroxyl groups excluding tert-OH is 1. The van der Waals surface area contributed by atoms with E-state index in [1.807, 2.05) is 30.3 Å². The summed E-state index contributed by atoms with van der Waals surface area (Å²) in [7, 11) is 0. The topological polar surface area (TPSA) is 102 Å². The van der Waals surface area contributed by atoms with Gasteiger partial charge in [-0.15, -0.1) is 0 Å². The zero-order chi connectivity index (χ0) is 15.9. The molecule has 1 fully saturated rings. The van der Waals surface area contributed by atoms with E-state index >= 15 is 0 Å². The molecule has 0 bridgehead atoms. The second kappa shape index (κ2) is 7.77. The Kier molecular flexibility index (Phi) is 5.74. The van der Waals surface area contributed by atoms with Gasteiger partial charge in [0.25, 0.3) is 5.91 Å². The maximum Gasteiger partial charge on any atom is 0.404 e. The van der Waals surface area contributed by atoms with Crippen LogP contribution in [0.4, 0.5) is 4.79 Å². The Bertz CT molecular complexity index is 508. The van der Waals surface area contributed by atoms with Gasteiger partial charge in [-0.25, -0.2) is 4.79 Å². The maximum absolute atomic E-state index is 12.2. The minimum atomic E-state index is -0.970. The van der Waals surface area contributed by atoms with Crippen LogP contribution in [0.15, 0.2) is 30.3 Å². The van der Waals surface area contributed by atoms with E-state index in [4.69, 9.17) is 20.3 Å². The molecule has 3 N–H and O–H groups in total. The molecule has 7 heteroatoms. The molecule has 0 spiro atoms. The highest BCUT2D eigenvalue weighted by Crippen LogP contribution is 2.17. The molecule has 1 aromatic rings. The average Bonchev–Trinajstić information content (AvgIpc) is 2.85. The van der Waals surface area contributed by atoms with Gasteiger partial charge in [0.2, 0.25) is 0 Å². The van der Waals surface area contributed by atoms with Crippen LogP contribution in [-0.2, 0) is 20.9 Å². The highest BCUT2D eigenvalue weighted by Gasteiger charge is 2.34. The van der Waals surface area contributed by atoms with Gasteiger partial charge in [0, 0.05) is 13.0 Å². The maximum atomic E-state index is 12.2. The number of nitrogens with zero attached hydrogens (tertiary/aromatic N) is 1. The number of rotatable bonds is 7. The molecule has 22 heavy (non-hydrogen) atoms. The number of hydrogen-bond donors (Lipinski definition) is 2. The molecule has 1 aliphatic rings. The van der Waals surface area contributed by atoms with Crippen LogP contribution in [0.3, 0.4) is 0 Å². The predicted molar refractivity (Wildman–Crippen MR) is 77.8 cm³/mol. The first-order valence-electron chi connectivity index (χ1n) is 7.11. The van der Waals surface area contributed by atoms with Crippen molar-refractivity contribution in [3.05, 3.63) is 35.9 Å². The van der Waals surface area contributed by atoms with Crippen LogP contribution in [0.25, 0.3) is 0 Å². The number of primary amides is 1. The third-order valence-corrected chi connectivity index (χ3v) is 3.45. The standard InChI is InChI=1S/C15H20N2O5/c16-15(20)22-12(9-18)8-17-7-6-13(14(17)19)21-10-11-4-2-1-3-5-11/h1-5,12-13,18H,6-10H2,(H2,16,20)/t12-,13-/m0/s1. The van der Waals surface area contributed by atoms with Crippen molar-refractivity contribution in [2.45, 2.75) is 25.2 Å². The van der Waals surface area contributed by atoms with Crippen LogP contribution in [-0.4, -0.2) is 53.9 Å². The molecule has 0 saturated carbocycles. The molecule has 1 aliphatic heterocycles. The van der Waals surface area contributed by atoms with Crippen molar-refractivity contribution in [3.8, 4) is 0 Å². The summed E-state index contributed by atoms with van der Waals surface area (Å²) in [5.41, 5.74) is 5.92. The fraction of sp³-hybridized carbons (Fsp3) is 0.467. The lowest BCUT2D eigenvalue weighted by Crippen LogP contribution is -2.40. The molecule has 2 amide bonds. The van der Waals surface area contributed by atoms with Crippen LogP contribution in [0, 0.1) is 0 Å². The van der Waals surface area contributed by atoms with Crippen LogP contribution < -0.4 is 5.73 Å². The first kappa shape index (κ1) is 16.3. The Balaban J connectivity index is 1.82. The third kappa shape index (κ3) is 4.44. The molecule has 0 aliphatic carbocycles. The molecule has 7 nitrogen and oxygen atoms in total. The van der Waals surface area contributed by atoms with Gasteiger partial charge in [-0.1, -0.05) is 30.3 Å². The first-order valence-corrected chi connectivity index (χ1v) is 7.11. The lowest BCUT2D eigenvalue weighted by molar-refractivity contribution is -0.139. The average molecular weight is 308 g/mol. The summed E-state index contributed by atoms with van der Waals surface area (Å²) < 4.78 is 10.4. The largest absolute Gasteiger partial charge is 0.442 e. The summed E-state index contributed by atoms with van der Waals surface area (Å²) in [5, 5.41) is 9.14. The summed E-state index contributed by atoms with van der Waals surface area (Å²) in [6.07, 6.45) is -1.72. The van der Waals surface area contributed by atoms with E-state index < -0.39 is 18.3 Å². The second-order valence-electron chi connectivity index (χ2n) is 5.10. The zero-order valence-electron chi connectivity index (χ0n) is 12.2. The first-order chi connectivity index (χ1) is 10.6. The van der Waals surface area contributed by atoms with Gasteiger partial charge in [-0.05, 0) is 5.56 Å². The fourth-order valence-electron chi connectivity index (χ4n) is 2.36. The number of aliphatic hydroxyl groups is 1. The van der Waals surface area contributed by atoms with Crippen molar-refractivity contribution >= 4 is 12.0 Å². The molecule has 1 aromatic carbocycles. The number of carbonyl (C=O) groups excluding carboxylic acids is 2. The number of carbonyl (C=O) groups is 2. The Labute approximate surface area is 128 Å². The SMILES string of the molecule is NC(=O)O[C@H](CO)CN1CC[C@H](OCc2ccccc2)C1=O. The van der Waals surface area contributed by atoms with E-state index in [0.717, 1.165) is 5.56 Å². The van der Waals surface area contributed by atoms with Gasteiger partial charge in [0.05, 0.1) is 19.8 Å². The molecule has 2 rings (SSSR count). The molecular weight excluding hydrogens is 288 g/mol. The molecular formula is C15H20N2O5. The van der Waals surface area contributed by atoms with Gasteiger partial charge in [0.15, 0.2) is 0 Å². The molecule has 0 radical (unpaired) electrons. The molecule has 1 saturated heterocycles. The van der Waals surface area contributed by atoms with E-state index in [-0.39, 0.29) is 19.1 Å². The minimum Gasteiger partial charge on any atom is -0.442 e. The normalized spacial score (nSPS) is 19.2. The lowest BCUT2D eigenvalue weighted by atomic mass is 10.2. The summed E-state index contributed by atoms with van der Waals surface area (Å²) in [6.45, 7) is 0.592. The summed E-state index contributed by atoms with van der Waals surface area (Å²) in [6, 6.07) is 9.60. The number of nitrogens with two attached hydrogens (primary N) is 1. The van der Waals surface area contributed by atoms with Crippen LogP contribution in [0.1, 0.15) is 12.0 Å². The van der Waals surface area contributed by atoms with Crippen molar-refractivity contribution in [1.29, 1.82) is 0 Å². The number of amides is 2. The van der Waals surface area contributed by atoms with Crippen molar-refractivity contribution in [3.63, 3.8) is 0 Å². The fourth-order valence-corrected chi connectivity index (χ4v) is 2.36. The predicted octanol–water partition coefficient (Wildman–Crippen LogP) is 0.260. The summed E-state index contributed by atoms with van der Waals surface area (Å²) >= 11 is 0. The second-order valence-corrected chi connectivity index (χ2v) is 5.10. The van der Waals surface area contributed by atoms with Gasteiger partial charge >= 0.3 is 6.09 Å².